The molecule has 0 spiro atoms. The summed E-state index contributed by atoms with van der Waals surface area (Å²) in [5, 5.41) is 7.11. The highest BCUT2D eigenvalue weighted by atomic mass is 19.1. The van der Waals surface area contributed by atoms with Crippen molar-refractivity contribution in [2.75, 3.05) is 16.8 Å². The molecule has 1 saturated heterocycles. The Kier molecular flexibility index (Phi) is 4.72. The van der Waals surface area contributed by atoms with E-state index in [1.165, 1.54) is 6.07 Å². The van der Waals surface area contributed by atoms with Crippen LogP contribution in [0.3, 0.4) is 0 Å². The fourth-order valence-corrected chi connectivity index (χ4v) is 3.55. The van der Waals surface area contributed by atoms with Crippen molar-refractivity contribution in [2.24, 2.45) is 5.41 Å². The number of fused-ring (bicyclic) bond motifs is 1. The van der Waals surface area contributed by atoms with E-state index in [9.17, 15) is 13.6 Å². The van der Waals surface area contributed by atoms with Gasteiger partial charge in [-0.05, 0) is 37.1 Å². The third-order valence-corrected chi connectivity index (χ3v) is 5.15. The average molecular weight is 399 g/mol. The summed E-state index contributed by atoms with van der Waals surface area (Å²) >= 11 is 0. The van der Waals surface area contributed by atoms with Crippen LogP contribution in [0.15, 0.2) is 36.7 Å². The van der Waals surface area contributed by atoms with E-state index in [0.717, 1.165) is 18.6 Å². The molecule has 0 saturated carbocycles. The van der Waals surface area contributed by atoms with Gasteiger partial charge in [0.2, 0.25) is 5.91 Å². The maximum absolute atomic E-state index is 14.4. The Labute approximate surface area is 167 Å². The smallest absolute Gasteiger partial charge is 0.229 e. The predicted molar refractivity (Wildman–Crippen MR) is 107 cm³/mol. The Morgan fingerprint density at radius 1 is 1.24 bits per heavy atom. The van der Waals surface area contributed by atoms with Crippen LogP contribution in [0.1, 0.15) is 45.2 Å². The Hall–Kier alpha value is -3.03. The molecule has 0 bridgehead atoms. The van der Waals surface area contributed by atoms with Crippen molar-refractivity contribution in [3.8, 4) is 0 Å². The topological polar surface area (TPSA) is 62.5 Å². The van der Waals surface area contributed by atoms with Gasteiger partial charge in [-0.15, -0.1) is 0 Å². The molecule has 1 N–H and O–H groups in total. The fraction of sp³-hybridized carbons (Fsp3) is 0.381. The van der Waals surface area contributed by atoms with E-state index in [-0.39, 0.29) is 11.9 Å². The van der Waals surface area contributed by atoms with Crippen LogP contribution in [0.25, 0.3) is 5.65 Å². The van der Waals surface area contributed by atoms with Gasteiger partial charge in [-0.3, -0.25) is 4.79 Å². The van der Waals surface area contributed by atoms with Crippen LogP contribution < -0.4 is 10.2 Å². The SMILES string of the molecule is CC(C)(C)C(=O)Nc1cnn2ccc(N3CCCC3c3cc(F)ccc3F)nc12. The zero-order valence-corrected chi connectivity index (χ0v) is 16.6. The van der Waals surface area contributed by atoms with Gasteiger partial charge in [0.15, 0.2) is 5.65 Å². The number of amides is 1. The normalized spacial score (nSPS) is 17.1. The molecule has 4 rings (SSSR count). The molecular weight excluding hydrogens is 376 g/mol. The average Bonchev–Trinajstić information content (AvgIpc) is 3.30. The summed E-state index contributed by atoms with van der Waals surface area (Å²) in [7, 11) is 0. The van der Waals surface area contributed by atoms with Crippen molar-refractivity contribution in [3.05, 3.63) is 53.9 Å². The number of carbonyl (C=O) groups excluding carboxylic acids is 1. The molecule has 3 aromatic rings. The summed E-state index contributed by atoms with van der Waals surface area (Å²) in [5.74, 6) is -0.387. The standard InChI is InChI=1S/C21H23F2N5O/c1-21(2,3)20(29)25-16-12-24-28-10-8-18(26-19(16)28)27-9-4-5-17(27)14-11-13(22)6-7-15(14)23/h6-8,10-12,17H,4-5,9H2,1-3H3,(H,25,29). The Balaban J connectivity index is 1.69. The number of aromatic nitrogens is 3. The quantitative estimate of drug-likeness (QED) is 0.712. The molecule has 2 aromatic heterocycles. The first kappa shape index (κ1) is 19.3. The molecule has 0 aliphatic carbocycles. The molecule has 29 heavy (non-hydrogen) atoms. The second-order valence-electron chi connectivity index (χ2n) is 8.33. The number of hydrogen-bond donors (Lipinski definition) is 1. The number of carbonyl (C=O) groups is 1. The summed E-state index contributed by atoms with van der Waals surface area (Å²) in [5.41, 5.74) is 0.796. The molecule has 1 amide bonds. The Morgan fingerprint density at radius 3 is 2.79 bits per heavy atom. The predicted octanol–water partition coefficient (Wildman–Crippen LogP) is 4.33. The van der Waals surface area contributed by atoms with Crippen molar-refractivity contribution in [3.63, 3.8) is 0 Å². The van der Waals surface area contributed by atoms with Crippen LogP contribution in [0.2, 0.25) is 0 Å². The van der Waals surface area contributed by atoms with Crippen molar-refractivity contribution >= 4 is 23.1 Å². The number of nitrogens with zero attached hydrogens (tertiary/aromatic N) is 4. The van der Waals surface area contributed by atoms with E-state index in [2.05, 4.69) is 15.4 Å². The maximum Gasteiger partial charge on any atom is 0.229 e. The van der Waals surface area contributed by atoms with Gasteiger partial charge in [0.1, 0.15) is 23.1 Å². The largest absolute Gasteiger partial charge is 0.349 e. The van der Waals surface area contributed by atoms with Crippen molar-refractivity contribution in [1.29, 1.82) is 0 Å². The third-order valence-electron chi connectivity index (χ3n) is 5.15. The summed E-state index contributed by atoms with van der Waals surface area (Å²) in [6.45, 7) is 6.17. The molecule has 0 radical (unpaired) electrons. The van der Waals surface area contributed by atoms with Gasteiger partial charge in [0, 0.05) is 23.7 Å². The lowest BCUT2D eigenvalue weighted by atomic mass is 9.96. The first-order chi connectivity index (χ1) is 13.7. The lowest BCUT2D eigenvalue weighted by Gasteiger charge is -2.26. The molecule has 1 fully saturated rings. The van der Waals surface area contributed by atoms with E-state index in [0.29, 0.717) is 35.7 Å². The highest BCUT2D eigenvalue weighted by molar-refractivity contribution is 5.97. The highest BCUT2D eigenvalue weighted by Crippen LogP contribution is 2.37. The van der Waals surface area contributed by atoms with Gasteiger partial charge in [-0.2, -0.15) is 5.10 Å². The number of halogens is 2. The van der Waals surface area contributed by atoms with Crippen LogP contribution in [0.5, 0.6) is 0 Å². The van der Waals surface area contributed by atoms with E-state index >= 15 is 0 Å². The van der Waals surface area contributed by atoms with Crippen molar-refractivity contribution in [1.82, 2.24) is 14.6 Å². The Morgan fingerprint density at radius 2 is 2.03 bits per heavy atom. The minimum atomic E-state index is -0.555. The van der Waals surface area contributed by atoms with Crippen LogP contribution >= 0.6 is 0 Å². The number of benzene rings is 1. The van der Waals surface area contributed by atoms with E-state index in [1.54, 1.807) is 23.0 Å². The van der Waals surface area contributed by atoms with Gasteiger partial charge in [-0.25, -0.2) is 18.3 Å². The summed E-state index contributed by atoms with van der Waals surface area (Å²) < 4.78 is 29.7. The molecule has 152 valence electrons. The first-order valence-electron chi connectivity index (χ1n) is 9.61. The second-order valence-corrected chi connectivity index (χ2v) is 8.33. The molecular formula is C21H23F2N5O. The van der Waals surface area contributed by atoms with Crippen LogP contribution in [-0.2, 0) is 4.79 Å². The number of rotatable bonds is 3. The van der Waals surface area contributed by atoms with Crippen LogP contribution in [-0.4, -0.2) is 27.0 Å². The Bertz CT molecular complexity index is 1070. The van der Waals surface area contributed by atoms with Gasteiger partial charge in [-0.1, -0.05) is 20.8 Å². The van der Waals surface area contributed by atoms with Gasteiger partial charge in [0.25, 0.3) is 0 Å². The van der Waals surface area contributed by atoms with Gasteiger partial charge in [0.05, 0.1) is 12.2 Å². The summed E-state index contributed by atoms with van der Waals surface area (Å²) in [6.07, 6.45) is 4.87. The number of nitrogens with one attached hydrogen (secondary N) is 1. The van der Waals surface area contributed by atoms with Gasteiger partial charge >= 0.3 is 0 Å². The molecule has 1 aromatic carbocycles. The minimum absolute atomic E-state index is 0.138. The lowest BCUT2D eigenvalue weighted by Crippen LogP contribution is -2.27. The molecule has 1 atom stereocenters. The van der Waals surface area contributed by atoms with E-state index in [1.807, 2.05) is 25.7 Å². The van der Waals surface area contributed by atoms with Gasteiger partial charge < -0.3 is 10.2 Å². The number of anilines is 2. The second kappa shape index (κ2) is 7.09. The highest BCUT2D eigenvalue weighted by Gasteiger charge is 2.30. The minimum Gasteiger partial charge on any atom is -0.349 e. The monoisotopic (exact) mass is 399 g/mol. The van der Waals surface area contributed by atoms with Crippen LogP contribution in [0, 0.1) is 17.0 Å². The van der Waals surface area contributed by atoms with E-state index in [4.69, 9.17) is 0 Å². The molecule has 8 heteroatoms. The lowest BCUT2D eigenvalue weighted by molar-refractivity contribution is -0.123. The fourth-order valence-electron chi connectivity index (χ4n) is 3.55. The summed E-state index contributed by atoms with van der Waals surface area (Å²) in [6, 6.07) is 5.04. The van der Waals surface area contributed by atoms with E-state index < -0.39 is 17.0 Å². The van der Waals surface area contributed by atoms with Crippen LogP contribution in [0.4, 0.5) is 20.3 Å². The summed E-state index contributed by atoms with van der Waals surface area (Å²) in [4.78, 5) is 19.0. The first-order valence-corrected chi connectivity index (χ1v) is 9.61. The number of hydrogen-bond acceptors (Lipinski definition) is 4. The molecule has 6 nitrogen and oxygen atoms in total. The maximum atomic E-state index is 14.4. The van der Waals surface area contributed by atoms with Crippen molar-refractivity contribution in [2.45, 2.75) is 39.7 Å². The molecule has 3 heterocycles. The third kappa shape index (κ3) is 3.66. The van der Waals surface area contributed by atoms with Crippen molar-refractivity contribution < 1.29 is 13.6 Å². The molecule has 1 unspecified atom stereocenters. The molecule has 1 aliphatic heterocycles. The zero-order chi connectivity index (χ0) is 20.8. The molecule has 1 aliphatic rings. The zero-order valence-electron chi connectivity index (χ0n) is 16.6.